The molecule has 0 spiro atoms. The molecule has 0 saturated carbocycles. The fourth-order valence-electron chi connectivity index (χ4n) is 1.11. The van der Waals surface area contributed by atoms with Crippen LogP contribution in [0.5, 0.6) is 0 Å². The van der Waals surface area contributed by atoms with E-state index in [1.54, 1.807) is 30.3 Å². The molecule has 1 aromatic carbocycles. The van der Waals surface area contributed by atoms with Gasteiger partial charge in [-0.3, -0.25) is 14.9 Å². The SMILES string of the molecule is O=C(NC(Cl)CC[N+](=O)[O-])c1ccccc1. The first-order valence-corrected chi connectivity index (χ1v) is 5.15. The number of amides is 1. The summed E-state index contributed by atoms with van der Waals surface area (Å²) in [6, 6.07) is 8.55. The second-order valence-electron chi connectivity index (χ2n) is 3.15. The molecule has 5 nitrogen and oxygen atoms in total. The Hall–Kier alpha value is -1.62. The Morgan fingerprint density at radius 1 is 1.44 bits per heavy atom. The second-order valence-corrected chi connectivity index (χ2v) is 3.68. The van der Waals surface area contributed by atoms with E-state index in [-0.39, 0.29) is 18.9 Å². The maximum Gasteiger partial charge on any atom is 0.252 e. The number of nitrogens with one attached hydrogen (secondary N) is 1. The molecular weight excluding hydrogens is 232 g/mol. The molecule has 0 radical (unpaired) electrons. The van der Waals surface area contributed by atoms with Crippen molar-refractivity contribution in [3.63, 3.8) is 0 Å². The quantitative estimate of drug-likeness (QED) is 0.369. The van der Waals surface area contributed by atoms with E-state index in [9.17, 15) is 14.9 Å². The minimum Gasteiger partial charge on any atom is -0.336 e. The van der Waals surface area contributed by atoms with Gasteiger partial charge in [0.25, 0.3) is 5.91 Å². The van der Waals surface area contributed by atoms with Crippen molar-refractivity contribution >= 4 is 17.5 Å². The number of rotatable bonds is 5. The summed E-state index contributed by atoms with van der Waals surface area (Å²) in [7, 11) is 0. The highest BCUT2D eigenvalue weighted by Crippen LogP contribution is 2.02. The Balaban J connectivity index is 2.43. The van der Waals surface area contributed by atoms with Crippen molar-refractivity contribution in [2.45, 2.75) is 11.9 Å². The Kier molecular flexibility index (Phi) is 4.72. The van der Waals surface area contributed by atoms with Crippen LogP contribution in [0.25, 0.3) is 0 Å². The standard InChI is InChI=1S/C10H11ClN2O3/c11-9(6-7-13(15)16)12-10(14)8-4-2-1-3-5-8/h1-5,9H,6-7H2,(H,12,14). The van der Waals surface area contributed by atoms with Crippen LogP contribution in [0.2, 0.25) is 0 Å². The number of nitro groups is 1. The summed E-state index contributed by atoms with van der Waals surface area (Å²) in [4.78, 5) is 21.2. The van der Waals surface area contributed by atoms with Gasteiger partial charge in [-0.2, -0.15) is 0 Å². The van der Waals surface area contributed by atoms with Gasteiger partial charge < -0.3 is 5.32 Å². The molecule has 86 valence electrons. The van der Waals surface area contributed by atoms with Gasteiger partial charge in [-0.1, -0.05) is 29.8 Å². The molecule has 16 heavy (non-hydrogen) atoms. The lowest BCUT2D eigenvalue weighted by atomic mass is 10.2. The lowest BCUT2D eigenvalue weighted by Gasteiger charge is -2.09. The van der Waals surface area contributed by atoms with Crippen molar-refractivity contribution in [1.82, 2.24) is 5.32 Å². The van der Waals surface area contributed by atoms with Crippen molar-refractivity contribution in [2.75, 3.05) is 6.54 Å². The van der Waals surface area contributed by atoms with Gasteiger partial charge in [0.2, 0.25) is 6.54 Å². The average molecular weight is 243 g/mol. The maximum absolute atomic E-state index is 11.5. The summed E-state index contributed by atoms with van der Waals surface area (Å²) in [5.74, 6) is -0.330. The fourth-order valence-corrected chi connectivity index (χ4v) is 1.30. The molecule has 0 fully saturated rings. The number of halogens is 1. The molecule has 0 aromatic heterocycles. The summed E-state index contributed by atoms with van der Waals surface area (Å²) in [6.07, 6.45) is 0.104. The van der Waals surface area contributed by atoms with Crippen LogP contribution in [-0.4, -0.2) is 22.9 Å². The van der Waals surface area contributed by atoms with E-state index >= 15 is 0 Å². The van der Waals surface area contributed by atoms with E-state index in [1.807, 2.05) is 0 Å². The van der Waals surface area contributed by atoms with Crippen LogP contribution in [0.15, 0.2) is 30.3 Å². The molecule has 0 saturated heterocycles. The number of carbonyl (C=O) groups excluding carboxylic acids is 1. The predicted octanol–water partition coefficient (Wildman–Crippen LogP) is 1.65. The molecule has 1 amide bonds. The molecule has 1 atom stereocenters. The summed E-state index contributed by atoms with van der Waals surface area (Å²) >= 11 is 5.73. The molecule has 1 aromatic rings. The van der Waals surface area contributed by atoms with Gasteiger partial charge in [0.05, 0.1) is 0 Å². The number of benzene rings is 1. The van der Waals surface area contributed by atoms with Crippen LogP contribution >= 0.6 is 11.6 Å². The van der Waals surface area contributed by atoms with Crippen molar-refractivity contribution in [3.05, 3.63) is 46.0 Å². The van der Waals surface area contributed by atoms with Crippen LogP contribution in [0.4, 0.5) is 0 Å². The summed E-state index contributed by atoms with van der Waals surface area (Å²) in [5, 5.41) is 12.6. The zero-order valence-corrected chi connectivity index (χ0v) is 9.18. The molecule has 0 heterocycles. The topological polar surface area (TPSA) is 72.2 Å². The molecular formula is C10H11ClN2O3. The highest BCUT2D eigenvalue weighted by Gasteiger charge is 2.12. The molecule has 0 aliphatic rings. The monoisotopic (exact) mass is 242 g/mol. The van der Waals surface area contributed by atoms with Gasteiger partial charge in [0.1, 0.15) is 5.50 Å². The lowest BCUT2D eigenvalue weighted by Crippen LogP contribution is -2.32. The van der Waals surface area contributed by atoms with Gasteiger partial charge in [0, 0.05) is 16.9 Å². The second kappa shape index (κ2) is 6.07. The van der Waals surface area contributed by atoms with E-state index in [2.05, 4.69) is 5.32 Å². The van der Waals surface area contributed by atoms with Gasteiger partial charge in [0.15, 0.2) is 0 Å². The smallest absolute Gasteiger partial charge is 0.252 e. The lowest BCUT2D eigenvalue weighted by molar-refractivity contribution is -0.480. The zero-order chi connectivity index (χ0) is 12.0. The molecule has 0 aliphatic heterocycles. The van der Waals surface area contributed by atoms with Gasteiger partial charge >= 0.3 is 0 Å². The first kappa shape index (κ1) is 12.4. The van der Waals surface area contributed by atoms with E-state index in [0.717, 1.165) is 0 Å². The van der Waals surface area contributed by atoms with Crippen molar-refractivity contribution in [2.24, 2.45) is 0 Å². The van der Waals surface area contributed by atoms with Crippen molar-refractivity contribution < 1.29 is 9.72 Å². The highest BCUT2D eigenvalue weighted by atomic mass is 35.5. The van der Waals surface area contributed by atoms with E-state index in [0.29, 0.717) is 5.56 Å². The summed E-state index contributed by atoms with van der Waals surface area (Å²) < 4.78 is 0. The first-order valence-electron chi connectivity index (χ1n) is 4.71. The van der Waals surface area contributed by atoms with Gasteiger partial charge in [-0.05, 0) is 12.1 Å². The fraction of sp³-hybridized carbons (Fsp3) is 0.300. The molecule has 0 bridgehead atoms. The van der Waals surface area contributed by atoms with E-state index in [1.165, 1.54) is 0 Å². The molecule has 1 rings (SSSR count). The van der Waals surface area contributed by atoms with Crippen LogP contribution < -0.4 is 5.32 Å². The molecule has 6 heteroatoms. The zero-order valence-electron chi connectivity index (χ0n) is 8.43. The number of carbonyl (C=O) groups is 1. The highest BCUT2D eigenvalue weighted by molar-refractivity contribution is 6.21. The van der Waals surface area contributed by atoms with E-state index < -0.39 is 10.4 Å². The number of hydrogen-bond donors (Lipinski definition) is 1. The van der Waals surface area contributed by atoms with Crippen LogP contribution in [0.3, 0.4) is 0 Å². The van der Waals surface area contributed by atoms with Crippen LogP contribution in [0, 0.1) is 10.1 Å². The third kappa shape index (κ3) is 4.27. The van der Waals surface area contributed by atoms with Crippen LogP contribution in [-0.2, 0) is 0 Å². The Labute approximate surface area is 97.6 Å². The van der Waals surface area contributed by atoms with Crippen molar-refractivity contribution in [1.29, 1.82) is 0 Å². The first-order chi connectivity index (χ1) is 7.59. The summed E-state index contributed by atoms with van der Waals surface area (Å²) in [6.45, 7) is -0.261. The van der Waals surface area contributed by atoms with Gasteiger partial charge in [-0.25, -0.2) is 0 Å². The van der Waals surface area contributed by atoms with Crippen molar-refractivity contribution in [3.8, 4) is 0 Å². The minimum absolute atomic E-state index is 0.104. The largest absolute Gasteiger partial charge is 0.336 e. The average Bonchev–Trinajstić information content (AvgIpc) is 2.27. The number of hydrogen-bond acceptors (Lipinski definition) is 3. The predicted molar refractivity (Wildman–Crippen MR) is 60.0 cm³/mol. The minimum atomic E-state index is -0.724. The molecule has 1 unspecified atom stereocenters. The normalized spacial score (nSPS) is 11.8. The Morgan fingerprint density at radius 2 is 2.06 bits per heavy atom. The molecule has 1 N–H and O–H groups in total. The number of alkyl halides is 1. The van der Waals surface area contributed by atoms with Gasteiger partial charge in [-0.15, -0.1) is 0 Å². The maximum atomic E-state index is 11.5. The third-order valence-corrected chi connectivity index (χ3v) is 2.22. The third-order valence-electron chi connectivity index (χ3n) is 1.89. The number of nitrogens with zero attached hydrogens (tertiary/aromatic N) is 1. The molecule has 0 aliphatic carbocycles. The Morgan fingerprint density at radius 3 is 2.62 bits per heavy atom. The van der Waals surface area contributed by atoms with E-state index in [4.69, 9.17) is 11.6 Å². The summed E-state index contributed by atoms with van der Waals surface area (Å²) in [5.41, 5.74) is -0.243. The Bertz CT molecular complexity index is 370. The van der Waals surface area contributed by atoms with Crippen LogP contribution in [0.1, 0.15) is 16.8 Å².